The number of ether oxygens (including phenoxy) is 1. The topological polar surface area (TPSA) is 93.5 Å². The second kappa shape index (κ2) is 8.49. The fourth-order valence-corrected chi connectivity index (χ4v) is 2.74. The number of aliphatic hydroxyl groups is 1. The number of hydrogen-bond donors (Lipinski definition) is 2. The van der Waals surface area contributed by atoms with Crippen molar-refractivity contribution < 1.29 is 19.4 Å². The van der Waals surface area contributed by atoms with Gasteiger partial charge in [0.2, 0.25) is 0 Å². The predicted octanol–water partition coefficient (Wildman–Crippen LogP) is 2.11. The van der Waals surface area contributed by atoms with Crippen molar-refractivity contribution in [3.8, 4) is 16.9 Å². The van der Waals surface area contributed by atoms with Gasteiger partial charge in [-0.25, -0.2) is 9.48 Å². The first-order valence-electron chi connectivity index (χ1n) is 8.75. The minimum atomic E-state index is -1.15. The molecule has 28 heavy (non-hydrogen) atoms. The summed E-state index contributed by atoms with van der Waals surface area (Å²) in [4.78, 5) is 24.6. The Hall–Kier alpha value is -3.45. The first-order chi connectivity index (χ1) is 13.5. The number of carbonyl (C=O) groups excluding carboxylic acids is 2. The minimum absolute atomic E-state index is 0.287. The highest BCUT2D eigenvalue weighted by molar-refractivity contribution is 6.01. The van der Waals surface area contributed by atoms with E-state index in [0.29, 0.717) is 5.69 Å². The molecule has 0 bridgehead atoms. The fourth-order valence-electron chi connectivity index (χ4n) is 2.74. The van der Waals surface area contributed by atoms with Crippen LogP contribution in [-0.2, 0) is 9.53 Å². The summed E-state index contributed by atoms with van der Waals surface area (Å²) in [6.07, 6.45) is 1.60. The van der Waals surface area contributed by atoms with Crippen LogP contribution in [0.15, 0.2) is 60.8 Å². The summed E-state index contributed by atoms with van der Waals surface area (Å²) in [6, 6.07) is 15.9. The molecule has 1 aromatic heterocycles. The van der Waals surface area contributed by atoms with E-state index in [0.717, 1.165) is 16.8 Å². The summed E-state index contributed by atoms with van der Waals surface area (Å²) in [6.45, 7) is 1.41. The van der Waals surface area contributed by atoms with Gasteiger partial charge < -0.3 is 15.2 Å². The molecule has 144 valence electrons. The van der Waals surface area contributed by atoms with E-state index in [-0.39, 0.29) is 5.56 Å². The van der Waals surface area contributed by atoms with E-state index in [1.165, 1.54) is 7.11 Å². The summed E-state index contributed by atoms with van der Waals surface area (Å²) < 4.78 is 6.22. The predicted molar refractivity (Wildman–Crippen MR) is 104 cm³/mol. The number of amides is 1. The molecule has 2 N–H and O–H groups in total. The van der Waals surface area contributed by atoms with Crippen LogP contribution in [0.25, 0.3) is 16.9 Å². The molecule has 2 aromatic carbocycles. The number of benzene rings is 2. The van der Waals surface area contributed by atoms with Crippen molar-refractivity contribution in [3.63, 3.8) is 0 Å². The molecule has 7 nitrogen and oxygen atoms in total. The Kier molecular flexibility index (Phi) is 5.86. The highest BCUT2D eigenvalue weighted by Crippen LogP contribution is 2.24. The van der Waals surface area contributed by atoms with Crippen molar-refractivity contribution >= 4 is 11.9 Å². The van der Waals surface area contributed by atoms with Gasteiger partial charge in [-0.1, -0.05) is 48.0 Å². The lowest BCUT2D eigenvalue weighted by Gasteiger charge is -2.13. The molecule has 1 amide bonds. The van der Waals surface area contributed by atoms with Crippen molar-refractivity contribution in [1.82, 2.24) is 15.1 Å². The van der Waals surface area contributed by atoms with Crippen LogP contribution in [0.4, 0.5) is 0 Å². The van der Waals surface area contributed by atoms with E-state index >= 15 is 0 Å². The molecule has 3 rings (SSSR count). The quantitative estimate of drug-likeness (QED) is 0.640. The Labute approximate surface area is 162 Å². The molecular formula is C21H21N3O4. The van der Waals surface area contributed by atoms with E-state index in [1.54, 1.807) is 10.9 Å². The molecule has 0 spiro atoms. The van der Waals surface area contributed by atoms with E-state index < -0.39 is 24.5 Å². The van der Waals surface area contributed by atoms with Crippen molar-refractivity contribution in [3.05, 3.63) is 71.9 Å². The second-order valence-corrected chi connectivity index (χ2v) is 6.27. The number of aliphatic hydroxyl groups excluding tert-OH is 1. The summed E-state index contributed by atoms with van der Waals surface area (Å²) in [7, 11) is 1.20. The zero-order valence-electron chi connectivity index (χ0n) is 15.6. The number of esters is 1. The highest BCUT2D eigenvalue weighted by atomic mass is 16.5. The van der Waals surface area contributed by atoms with Crippen LogP contribution in [0.3, 0.4) is 0 Å². The molecule has 0 saturated heterocycles. The summed E-state index contributed by atoms with van der Waals surface area (Å²) in [5, 5.41) is 16.5. The van der Waals surface area contributed by atoms with E-state index in [2.05, 4.69) is 15.2 Å². The maximum absolute atomic E-state index is 12.9. The van der Waals surface area contributed by atoms with Gasteiger partial charge in [0.15, 0.2) is 6.04 Å². The van der Waals surface area contributed by atoms with Crippen molar-refractivity contribution in [2.45, 2.75) is 13.0 Å². The van der Waals surface area contributed by atoms with Gasteiger partial charge in [0.1, 0.15) is 5.69 Å². The minimum Gasteiger partial charge on any atom is -0.467 e. The average molecular weight is 379 g/mol. The monoisotopic (exact) mass is 379 g/mol. The number of nitrogens with zero attached hydrogens (tertiary/aromatic N) is 2. The third-order valence-electron chi connectivity index (χ3n) is 4.28. The first-order valence-corrected chi connectivity index (χ1v) is 8.75. The lowest BCUT2D eigenvalue weighted by atomic mass is 10.1. The van der Waals surface area contributed by atoms with Crippen molar-refractivity contribution in [2.75, 3.05) is 13.7 Å². The van der Waals surface area contributed by atoms with Crippen LogP contribution in [0.1, 0.15) is 15.9 Å². The first kappa shape index (κ1) is 19.3. The Balaban J connectivity index is 2.02. The number of hydrogen-bond acceptors (Lipinski definition) is 5. The molecule has 0 aliphatic heterocycles. The van der Waals surface area contributed by atoms with E-state index in [1.807, 2.05) is 61.5 Å². The van der Waals surface area contributed by atoms with Gasteiger partial charge in [-0.3, -0.25) is 4.79 Å². The Bertz CT molecular complexity index is 965. The van der Waals surface area contributed by atoms with Crippen LogP contribution in [0.2, 0.25) is 0 Å². The number of rotatable bonds is 6. The lowest BCUT2D eigenvalue weighted by molar-refractivity contribution is -0.143. The van der Waals surface area contributed by atoms with E-state index in [4.69, 9.17) is 0 Å². The summed E-state index contributed by atoms with van der Waals surface area (Å²) >= 11 is 0. The Morgan fingerprint density at radius 1 is 1.14 bits per heavy atom. The van der Waals surface area contributed by atoms with Gasteiger partial charge >= 0.3 is 5.97 Å². The highest BCUT2D eigenvalue weighted by Gasteiger charge is 2.25. The van der Waals surface area contributed by atoms with Gasteiger partial charge in [-0.05, 0) is 19.1 Å². The molecule has 7 heteroatoms. The standard InChI is InChI=1S/C21H21N3O4/c1-14-8-10-15(11-9-14)19-17(20(26)22-18(13-25)21(27)28-2)12-24(23-19)16-6-4-3-5-7-16/h3-12,18,25H,13H2,1-2H3,(H,22,26)/t18-/m0/s1. The van der Waals surface area contributed by atoms with Crippen LogP contribution >= 0.6 is 0 Å². The largest absolute Gasteiger partial charge is 0.467 e. The van der Waals surface area contributed by atoms with Gasteiger partial charge in [-0.2, -0.15) is 5.10 Å². The average Bonchev–Trinajstić information content (AvgIpc) is 3.18. The van der Waals surface area contributed by atoms with Gasteiger partial charge in [-0.15, -0.1) is 0 Å². The summed E-state index contributed by atoms with van der Waals surface area (Å²) in [5.74, 6) is -1.25. The fraction of sp³-hybridized carbons (Fsp3) is 0.190. The normalized spacial score (nSPS) is 11.7. The van der Waals surface area contributed by atoms with Crippen LogP contribution in [0, 0.1) is 6.92 Å². The number of carbonyl (C=O) groups is 2. The maximum atomic E-state index is 12.9. The molecule has 1 atom stereocenters. The van der Waals surface area contributed by atoms with Crippen LogP contribution in [-0.4, -0.2) is 46.5 Å². The number of nitrogens with one attached hydrogen (secondary N) is 1. The SMILES string of the molecule is COC(=O)[C@H](CO)NC(=O)c1cn(-c2ccccc2)nc1-c1ccc(C)cc1. The van der Waals surface area contributed by atoms with Gasteiger partial charge in [0, 0.05) is 11.8 Å². The number of methoxy groups -OCH3 is 1. The van der Waals surface area contributed by atoms with Crippen molar-refractivity contribution in [1.29, 1.82) is 0 Å². The zero-order chi connectivity index (χ0) is 20.1. The molecule has 0 aliphatic carbocycles. The maximum Gasteiger partial charge on any atom is 0.330 e. The smallest absolute Gasteiger partial charge is 0.330 e. The molecule has 3 aromatic rings. The van der Waals surface area contributed by atoms with E-state index in [9.17, 15) is 14.7 Å². The Morgan fingerprint density at radius 2 is 1.82 bits per heavy atom. The van der Waals surface area contributed by atoms with Gasteiger partial charge in [0.05, 0.1) is 25.0 Å². The van der Waals surface area contributed by atoms with Crippen LogP contribution < -0.4 is 5.32 Å². The molecule has 1 heterocycles. The third kappa shape index (κ3) is 4.10. The number of para-hydroxylation sites is 1. The summed E-state index contributed by atoms with van der Waals surface area (Å²) in [5.41, 5.74) is 3.41. The molecule has 0 unspecified atom stereocenters. The molecule has 0 aliphatic rings. The molecular weight excluding hydrogens is 358 g/mol. The molecule has 0 saturated carbocycles. The molecule has 0 fully saturated rings. The second-order valence-electron chi connectivity index (χ2n) is 6.27. The third-order valence-corrected chi connectivity index (χ3v) is 4.28. The number of aryl methyl sites for hydroxylation is 1. The van der Waals surface area contributed by atoms with Gasteiger partial charge in [0.25, 0.3) is 5.91 Å². The zero-order valence-corrected chi connectivity index (χ0v) is 15.6. The number of aromatic nitrogens is 2. The molecule has 0 radical (unpaired) electrons. The van der Waals surface area contributed by atoms with Crippen LogP contribution in [0.5, 0.6) is 0 Å². The Morgan fingerprint density at radius 3 is 2.43 bits per heavy atom. The lowest BCUT2D eigenvalue weighted by Crippen LogP contribution is -2.44. The van der Waals surface area contributed by atoms with Crippen molar-refractivity contribution in [2.24, 2.45) is 0 Å².